The van der Waals surface area contributed by atoms with Crippen LogP contribution in [0.4, 0.5) is 13.2 Å². The van der Waals surface area contributed by atoms with E-state index in [4.69, 9.17) is 9.15 Å². The summed E-state index contributed by atoms with van der Waals surface area (Å²) in [5.41, 5.74) is -1.09. The minimum Gasteiger partial charge on any atom is -0.493 e. The first-order valence-electron chi connectivity index (χ1n) is 10.1. The minimum atomic E-state index is -4.55. The number of benzene rings is 2. The van der Waals surface area contributed by atoms with Crippen LogP contribution in [0.25, 0.3) is 21.9 Å². The van der Waals surface area contributed by atoms with Crippen molar-refractivity contribution in [1.82, 2.24) is 4.90 Å². The summed E-state index contributed by atoms with van der Waals surface area (Å²) in [6.07, 6.45) is -1.46. The maximum Gasteiger partial charge on any atom is 0.416 e. The summed E-state index contributed by atoms with van der Waals surface area (Å²) in [7, 11) is 5.00. The predicted octanol–water partition coefficient (Wildman–Crippen LogP) is 5.57. The van der Waals surface area contributed by atoms with E-state index in [0.29, 0.717) is 35.1 Å². The average molecular weight is 442 g/mol. The number of fused-ring (bicyclic) bond motifs is 3. The highest BCUT2D eigenvalue weighted by Gasteiger charge is 2.46. The van der Waals surface area contributed by atoms with Crippen molar-refractivity contribution < 1.29 is 27.1 Å². The van der Waals surface area contributed by atoms with Crippen molar-refractivity contribution in [2.45, 2.75) is 30.9 Å². The molecule has 0 bridgehead atoms. The fraction of sp³-hybridized carbons (Fsp3) is 0.333. The lowest BCUT2D eigenvalue weighted by Gasteiger charge is -2.32. The first kappa shape index (κ1) is 21.8. The number of nitrogens with zero attached hydrogens (tertiary/aromatic N) is 2. The van der Waals surface area contributed by atoms with E-state index in [1.54, 1.807) is 37.3 Å². The quantitative estimate of drug-likeness (QED) is 0.496. The Morgan fingerprint density at radius 3 is 2.62 bits per heavy atom. The average Bonchev–Trinajstić information content (AvgIpc) is 3.13. The Kier molecular flexibility index (Phi) is 5.16. The SMILES string of the molecule is COc1ccc(C2(C#N)CCCC(=CN(C)C)C2=O)c2c1oc1ccc(C(F)(F)F)cc12. The number of allylic oxidation sites excluding steroid dienone is 1. The number of ketones is 1. The van der Waals surface area contributed by atoms with Gasteiger partial charge in [-0.05, 0) is 49.1 Å². The maximum atomic E-state index is 13.5. The molecule has 4 rings (SSSR count). The Morgan fingerprint density at radius 1 is 1.25 bits per heavy atom. The number of hydrogen-bond acceptors (Lipinski definition) is 5. The lowest BCUT2D eigenvalue weighted by Crippen LogP contribution is -2.39. The van der Waals surface area contributed by atoms with Gasteiger partial charge in [-0.25, -0.2) is 0 Å². The van der Waals surface area contributed by atoms with E-state index in [0.717, 1.165) is 12.1 Å². The van der Waals surface area contributed by atoms with E-state index < -0.39 is 17.2 Å². The molecule has 5 nitrogen and oxygen atoms in total. The fourth-order valence-electron chi connectivity index (χ4n) is 4.45. The molecule has 1 aromatic heterocycles. The highest BCUT2D eigenvalue weighted by molar-refractivity contribution is 6.14. The molecule has 3 aromatic rings. The summed E-state index contributed by atoms with van der Waals surface area (Å²) in [6, 6.07) is 8.57. The molecule has 8 heteroatoms. The monoisotopic (exact) mass is 442 g/mol. The van der Waals surface area contributed by atoms with E-state index in [1.165, 1.54) is 13.2 Å². The van der Waals surface area contributed by atoms with Crippen LogP contribution in [-0.4, -0.2) is 31.9 Å². The zero-order valence-corrected chi connectivity index (χ0v) is 17.8. The summed E-state index contributed by atoms with van der Waals surface area (Å²) >= 11 is 0. The summed E-state index contributed by atoms with van der Waals surface area (Å²) in [6.45, 7) is 0. The van der Waals surface area contributed by atoms with Crippen molar-refractivity contribution in [2.24, 2.45) is 0 Å². The van der Waals surface area contributed by atoms with Crippen LogP contribution >= 0.6 is 0 Å². The maximum absolute atomic E-state index is 13.5. The Labute approximate surface area is 182 Å². The third kappa shape index (κ3) is 3.29. The molecule has 0 spiro atoms. The van der Waals surface area contributed by atoms with Gasteiger partial charge in [-0.2, -0.15) is 18.4 Å². The van der Waals surface area contributed by atoms with Crippen LogP contribution < -0.4 is 4.74 Å². The number of halogens is 3. The van der Waals surface area contributed by atoms with Gasteiger partial charge in [0.25, 0.3) is 0 Å². The molecular weight excluding hydrogens is 421 g/mol. The second-order valence-corrected chi connectivity index (χ2v) is 8.15. The zero-order valence-electron chi connectivity index (χ0n) is 17.8. The topological polar surface area (TPSA) is 66.5 Å². The van der Waals surface area contributed by atoms with Crippen LogP contribution in [0.1, 0.15) is 30.4 Å². The van der Waals surface area contributed by atoms with Crippen molar-refractivity contribution in [1.29, 1.82) is 5.26 Å². The Hall–Kier alpha value is -3.47. The molecule has 1 fully saturated rings. The highest BCUT2D eigenvalue weighted by Crippen LogP contribution is 2.47. The van der Waals surface area contributed by atoms with E-state index in [9.17, 15) is 23.2 Å². The van der Waals surface area contributed by atoms with Gasteiger partial charge in [0.15, 0.2) is 17.1 Å². The molecule has 0 amide bonds. The minimum absolute atomic E-state index is 0.190. The molecule has 2 aromatic carbocycles. The van der Waals surface area contributed by atoms with Gasteiger partial charge in [-0.1, -0.05) is 6.07 Å². The van der Waals surface area contributed by atoms with Crippen molar-refractivity contribution in [2.75, 3.05) is 21.2 Å². The van der Waals surface area contributed by atoms with Crippen LogP contribution in [0.2, 0.25) is 0 Å². The predicted molar refractivity (Wildman–Crippen MR) is 113 cm³/mol. The van der Waals surface area contributed by atoms with Crippen LogP contribution in [0.5, 0.6) is 5.75 Å². The van der Waals surface area contributed by atoms with Crippen molar-refractivity contribution in [3.63, 3.8) is 0 Å². The van der Waals surface area contributed by atoms with E-state index in [-0.39, 0.29) is 28.8 Å². The lowest BCUT2D eigenvalue weighted by atomic mass is 9.67. The number of ether oxygens (including phenoxy) is 1. The normalized spacial score (nSPS) is 20.7. The smallest absolute Gasteiger partial charge is 0.416 e. The Bertz CT molecular complexity index is 1300. The molecular formula is C24H21F3N2O3. The molecule has 0 aliphatic heterocycles. The molecule has 166 valence electrons. The summed E-state index contributed by atoms with van der Waals surface area (Å²) in [4.78, 5) is 15.3. The molecule has 32 heavy (non-hydrogen) atoms. The van der Waals surface area contributed by atoms with Gasteiger partial charge in [-0.15, -0.1) is 0 Å². The molecule has 1 aliphatic carbocycles. The number of nitriles is 1. The third-order valence-electron chi connectivity index (χ3n) is 5.87. The van der Waals surface area contributed by atoms with Gasteiger partial charge < -0.3 is 14.1 Å². The number of carbonyl (C=O) groups excluding carboxylic acids is 1. The van der Waals surface area contributed by atoms with E-state index >= 15 is 0 Å². The van der Waals surface area contributed by atoms with Crippen LogP contribution in [0, 0.1) is 11.3 Å². The molecule has 1 heterocycles. The molecule has 0 N–H and O–H groups in total. The second kappa shape index (κ2) is 7.59. The summed E-state index contributed by atoms with van der Waals surface area (Å²) < 4.78 is 51.5. The molecule has 1 saturated carbocycles. The fourth-order valence-corrected chi connectivity index (χ4v) is 4.45. The summed E-state index contributed by atoms with van der Waals surface area (Å²) in [5.74, 6) is -0.0262. The van der Waals surface area contributed by atoms with Gasteiger partial charge in [0.05, 0.1) is 18.7 Å². The zero-order chi connectivity index (χ0) is 23.3. The van der Waals surface area contributed by atoms with E-state index in [1.807, 2.05) is 0 Å². The van der Waals surface area contributed by atoms with Gasteiger partial charge in [0, 0.05) is 36.6 Å². The Balaban J connectivity index is 2.07. The highest BCUT2D eigenvalue weighted by atomic mass is 19.4. The molecule has 1 unspecified atom stereocenters. The number of hydrogen-bond donors (Lipinski definition) is 0. The first-order valence-corrected chi connectivity index (χ1v) is 10.1. The third-order valence-corrected chi connectivity index (χ3v) is 5.87. The van der Waals surface area contributed by atoms with E-state index in [2.05, 4.69) is 6.07 Å². The van der Waals surface area contributed by atoms with Gasteiger partial charge >= 0.3 is 6.18 Å². The van der Waals surface area contributed by atoms with Crippen molar-refractivity contribution in [3.8, 4) is 11.8 Å². The van der Waals surface area contributed by atoms with Crippen LogP contribution in [0.15, 0.2) is 46.5 Å². The van der Waals surface area contributed by atoms with Gasteiger partial charge in [0.2, 0.25) is 0 Å². The Morgan fingerprint density at radius 2 is 2.00 bits per heavy atom. The molecule has 0 saturated heterocycles. The molecule has 1 atom stereocenters. The van der Waals surface area contributed by atoms with Crippen molar-refractivity contribution in [3.05, 3.63) is 53.2 Å². The molecule has 0 radical (unpaired) electrons. The molecule has 1 aliphatic rings. The number of Topliss-reactive ketones (excluding diaryl/α,β-unsaturated/α-hetero) is 1. The first-order chi connectivity index (χ1) is 15.1. The van der Waals surface area contributed by atoms with Crippen LogP contribution in [-0.2, 0) is 16.4 Å². The van der Waals surface area contributed by atoms with Gasteiger partial charge in [0.1, 0.15) is 11.0 Å². The number of alkyl halides is 3. The lowest BCUT2D eigenvalue weighted by molar-refractivity contribution is -0.137. The number of methoxy groups -OCH3 is 1. The standard InChI is InChI=1S/C24H21F3N2O3/c1-29(2)12-14-5-4-10-23(13-28,22(14)30)17-7-9-19(31-3)21-20(17)16-11-15(24(25,26)27)6-8-18(16)32-21/h6-9,11-12H,4-5,10H2,1-3H3. The van der Waals surface area contributed by atoms with Gasteiger partial charge in [-0.3, -0.25) is 4.79 Å². The van der Waals surface area contributed by atoms with Crippen LogP contribution in [0.3, 0.4) is 0 Å². The largest absolute Gasteiger partial charge is 0.493 e. The summed E-state index contributed by atoms with van der Waals surface area (Å²) in [5, 5.41) is 10.7. The number of rotatable bonds is 3. The number of carbonyl (C=O) groups is 1. The number of furan rings is 1. The van der Waals surface area contributed by atoms with Crippen molar-refractivity contribution >= 4 is 27.7 Å². The second-order valence-electron chi connectivity index (χ2n) is 8.15.